The zero-order valence-electron chi connectivity index (χ0n) is 9.25. The van der Waals surface area contributed by atoms with Gasteiger partial charge in [-0.3, -0.25) is 4.79 Å². The summed E-state index contributed by atoms with van der Waals surface area (Å²) < 4.78 is 5.28. The van der Waals surface area contributed by atoms with E-state index in [1.807, 2.05) is 18.7 Å². The molecule has 1 amide bonds. The van der Waals surface area contributed by atoms with Gasteiger partial charge in [0.15, 0.2) is 0 Å². The number of hydrogen-bond donors (Lipinski definition) is 1. The van der Waals surface area contributed by atoms with Crippen molar-refractivity contribution >= 4 is 5.91 Å². The molecule has 0 aromatic carbocycles. The Balaban J connectivity index is 2.29. The second kappa shape index (κ2) is 5.32. The smallest absolute Gasteiger partial charge is 0.248 e. The van der Waals surface area contributed by atoms with E-state index in [0.29, 0.717) is 6.04 Å². The molecule has 1 atom stereocenters. The van der Waals surface area contributed by atoms with Gasteiger partial charge in [0.1, 0.15) is 6.61 Å². The van der Waals surface area contributed by atoms with E-state index < -0.39 is 0 Å². The highest BCUT2D eigenvalue weighted by atomic mass is 16.5. The molecule has 0 spiro atoms. The minimum Gasteiger partial charge on any atom is -0.369 e. The monoisotopic (exact) mass is 200 g/mol. The molecule has 1 saturated heterocycles. The molecule has 4 nitrogen and oxygen atoms in total. The quantitative estimate of drug-likeness (QED) is 0.709. The number of piperazine rings is 1. The lowest BCUT2D eigenvalue weighted by Gasteiger charge is -2.32. The van der Waals surface area contributed by atoms with Crippen molar-refractivity contribution in [2.24, 2.45) is 0 Å². The van der Waals surface area contributed by atoms with Gasteiger partial charge in [-0.05, 0) is 20.8 Å². The predicted octanol–water partition coefficient (Wildman–Crippen LogP) is 0.232. The molecular formula is C10H20N2O2. The van der Waals surface area contributed by atoms with Gasteiger partial charge in [-0.25, -0.2) is 0 Å². The van der Waals surface area contributed by atoms with Gasteiger partial charge in [-0.15, -0.1) is 0 Å². The maximum absolute atomic E-state index is 11.6. The molecule has 1 aliphatic heterocycles. The van der Waals surface area contributed by atoms with Crippen LogP contribution < -0.4 is 5.32 Å². The lowest BCUT2D eigenvalue weighted by atomic mass is 10.2. The second-order valence-corrected chi connectivity index (χ2v) is 4.05. The number of hydrogen-bond acceptors (Lipinski definition) is 3. The Morgan fingerprint density at radius 3 is 2.93 bits per heavy atom. The van der Waals surface area contributed by atoms with E-state index >= 15 is 0 Å². The summed E-state index contributed by atoms with van der Waals surface area (Å²) in [6.07, 6.45) is 0.124. The topological polar surface area (TPSA) is 41.6 Å². The number of carbonyl (C=O) groups excluding carboxylic acids is 1. The second-order valence-electron chi connectivity index (χ2n) is 4.05. The number of nitrogens with one attached hydrogen (secondary N) is 1. The van der Waals surface area contributed by atoms with Crippen molar-refractivity contribution in [3.05, 3.63) is 0 Å². The number of carbonyl (C=O) groups is 1. The van der Waals surface area contributed by atoms with Crippen LogP contribution in [0.15, 0.2) is 0 Å². The van der Waals surface area contributed by atoms with Gasteiger partial charge >= 0.3 is 0 Å². The van der Waals surface area contributed by atoms with Crippen LogP contribution in [-0.2, 0) is 9.53 Å². The van der Waals surface area contributed by atoms with E-state index in [1.165, 1.54) is 0 Å². The Morgan fingerprint density at radius 2 is 2.36 bits per heavy atom. The first-order chi connectivity index (χ1) is 6.59. The van der Waals surface area contributed by atoms with Crippen molar-refractivity contribution in [2.45, 2.75) is 32.9 Å². The molecule has 14 heavy (non-hydrogen) atoms. The predicted molar refractivity (Wildman–Crippen MR) is 55.1 cm³/mol. The average Bonchev–Trinajstić information content (AvgIpc) is 2.14. The van der Waals surface area contributed by atoms with Crippen molar-refractivity contribution in [3.63, 3.8) is 0 Å². The Morgan fingerprint density at radius 1 is 1.64 bits per heavy atom. The van der Waals surface area contributed by atoms with Crippen LogP contribution in [0, 0.1) is 0 Å². The Hall–Kier alpha value is -0.610. The molecule has 0 bridgehead atoms. The largest absolute Gasteiger partial charge is 0.369 e. The van der Waals surface area contributed by atoms with Crippen molar-refractivity contribution in [1.29, 1.82) is 0 Å². The van der Waals surface area contributed by atoms with Crippen molar-refractivity contribution in [3.8, 4) is 0 Å². The van der Waals surface area contributed by atoms with Crippen LogP contribution in [0.3, 0.4) is 0 Å². The van der Waals surface area contributed by atoms with Gasteiger partial charge in [0.05, 0.1) is 6.10 Å². The zero-order chi connectivity index (χ0) is 10.6. The average molecular weight is 200 g/mol. The first-order valence-electron chi connectivity index (χ1n) is 5.22. The molecule has 0 saturated carbocycles. The Labute approximate surface area is 85.6 Å². The molecule has 4 heteroatoms. The summed E-state index contributed by atoms with van der Waals surface area (Å²) in [5.41, 5.74) is 0. The SMILES string of the molecule is CC(C)OCC(=O)N1CCN[C@@H](C)C1. The van der Waals surface area contributed by atoms with Crippen LogP contribution in [0.2, 0.25) is 0 Å². The number of nitrogens with zero attached hydrogens (tertiary/aromatic N) is 1. The van der Waals surface area contributed by atoms with E-state index in [9.17, 15) is 4.79 Å². The molecule has 1 heterocycles. The first kappa shape index (κ1) is 11.5. The summed E-state index contributed by atoms with van der Waals surface area (Å²) in [5, 5.41) is 3.30. The highest BCUT2D eigenvalue weighted by Gasteiger charge is 2.20. The van der Waals surface area contributed by atoms with E-state index in [1.54, 1.807) is 0 Å². The fourth-order valence-corrected chi connectivity index (χ4v) is 1.49. The fraction of sp³-hybridized carbons (Fsp3) is 0.900. The lowest BCUT2D eigenvalue weighted by Crippen LogP contribution is -2.52. The number of ether oxygens (including phenoxy) is 1. The van der Waals surface area contributed by atoms with Gasteiger partial charge in [0.25, 0.3) is 0 Å². The lowest BCUT2D eigenvalue weighted by molar-refractivity contribution is -0.138. The van der Waals surface area contributed by atoms with Gasteiger partial charge in [0.2, 0.25) is 5.91 Å². The van der Waals surface area contributed by atoms with Crippen molar-refractivity contribution in [1.82, 2.24) is 10.2 Å². The summed E-state index contributed by atoms with van der Waals surface area (Å²) in [7, 11) is 0. The third-order valence-corrected chi connectivity index (χ3v) is 2.26. The molecule has 1 N–H and O–H groups in total. The summed E-state index contributed by atoms with van der Waals surface area (Å²) >= 11 is 0. The van der Waals surface area contributed by atoms with Crippen LogP contribution >= 0.6 is 0 Å². The molecule has 0 aromatic rings. The van der Waals surface area contributed by atoms with Crippen LogP contribution in [0.25, 0.3) is 0 Å². The standard InChI is InChI=1S/C10H20N2O2/c1-8(2)14-7-10(13)12-5-4-11-9(3)6-12/h8-9,11H,4-7H2,1-3H3/t9-/m0/s1. The van der Waals surface area contributed by atoms with Gasteiger partial charge in [-0.1, -0.05) is 0 Å². The van der Waals surface area contributed by atoms with Crippen molar-refractivity contribution < 1.29 is 9.53 Å². The van der Waals surface area contributed by atoms with Gasteiger partial charge < -0.3 is 15.0 Å². The van der Waals surface area contributed by atoms with Crippen molar-refractivity contribution in [2.75, 3.05) is 26.2 Å². The fourth-order valence-electron chi connectivity index (χ4n) is 1.49. The highest BCUT2D eigenvalue weighted by Crippen LogP contribution is 2.00. The van der Waals surface area contributed by atoms with Crippen LogP contribution in [0.1, 0.15) is 20.8 Å². The van der Waals surface area contributed by atoms with E-state index in [0.717, 1.165) is 19.6 Å². The molecule has 1 rings (SSSR count). The van der Waals surface area contributed by atoms with E-state index in [4.69, 9.17) is 4.74 Å². The Kier molecular flexibility index (Phi) is 4.35. The van der Waals surface area contributed by atoms with E-state index in [2.05, 4.69) is 12.2 Å². The number of rotatable bonds is 3. The minimum atomic E-state index is 0.104. The molecule has 1 aliphatic rings. The molecule has 0 radical (unpaired) electrons. The first-order valence-corrected chi connectivity index (χ1v) is 5.22. The summed E-state index contributed by atoms with van der Waals surface area (Å²) in [4.78, 5) is 13.5. The normalized spacial score (nSPS) is 22.9. The molecule has 82 valence electrons. The number of amides is 1. The highest BCUT2D eigenvalue weighted by molar-refractivity contribution is 5.77. The molecule has 0 aromatic heterocycles. The van der Waals surface area contributed by atoms with Crippen LogP contribution in [0.4, 0.5) is 0 Å². The molecule has 1 fully saturated rings. The maximum atomic E-state index is 11.6. The summed E-state index contributed by atoms with van der Waals surface area (Å²) in [6, 6.07) is 0.395. The summed E-state index contributed by atoms with van der Waals surface area (Å²) in [6.45, 7) is 8.65. The zero-order valence-corrected chi connectivity index (χ0v) is 9.25. The minimum absolute atomic E-state index is 0.104. The van der Waals surface area contributed by atoms with E-state index in [-0.39, 0.29) is 18.6 Å². The third-order valence-electron chi connectivity index (χ3n) is 2.26. The maximum Gasteiger partial charge on any atom is 0.248 e. The van der Waals surface area contributed by atoms with Crippen LogP contribution in [0.5, 0.6) is 0 Å². The molecule has 0 unspecified atom stereocenters. The van der Waals surface area contributed by atoms with Gasteiger partial charge in [-0.2, -0.15) is 0 Å². The molecule has 0 aliphatic carbocycles. The van der Waals surface area contributed by atoms with Gasteiger partial charge in [0, 0.05) is 25.7 Å². The van der Waals surface area contributed by atoms with Crippen LogP contribution in [-0.4, -0.2) is 49.2 Å². The Bertz CT molecular complexity index is 195. The molecular weight excluding hydrogens is 180 g/mol. The summed E-state index contributed by atoms with van der Waals surface area (Å²) in [5.74, 6) is 0.104. The third kappa shape index (κ3) is 3.64.